The lowest BCUT2D eigenvalue weighted by Gasteiger charge is -2.21. The quantitative estimate of drug-likeness (QED) is 0.211. The molecular weight excluding hydrogens is 208 g/mol. The van der Waals surface area contributed by atoms with Gasteiger partial charge in [-0.25, -0.2) is 0 Å². The molecule has 6 heteroatoms. The van der Waals surface area contributed by atoms with Crippen LogP contribution >= 0.6 is 0 Å². The molecule has 0 aromatic carbocycles. The van der Waals surface area contributed by atoms with Crippen molar-refractivity contribution >= 4 is 11.9 Å². The van der Waals surface area contributed by atoms with Gasteiger partial charge in [0.25, 0.3) is 0 Å². The Morgan fingerprint density at radius 2 is 2.12 bits per heavy atom. The zero-order chi connectivity index (χ0) is 12.6. The molecule has 0 aliphatic rings. The van der Waals surface area contributed by atoms with Gasteiger partial charge in [0.05, 0.1) is 6.61 Å². The van der Waals surface area contributed by atoms with E-state index in [9.17, 15) is 4.79 Å². The van der Waals surface area contributed by atoms with E-state index in [1.807, 2.05) is 0 Å². The van der Waals surface area contributed by atoms with Crippen LogP contribution in [0.3, 0.4) is 0 Å². The lowest BCUT2D eigenvalue weighted by molar-refractivity contribution is -0.149. The third-order valence-corrected chi connectivity index (χ3v) is 2.18. The number of rotatable bonds is 7. The largest absolute Gasteiger partial charge is 0.465 e. The molecular formula is C10H22N4O2. The van der Waals surface area contributed by atoms with Crippen LogP contribution in [0.1, 0.15) is 33.1 Å². The number of esters is 1. The number of carbonyl (C=O) groups is 1. The van der Waals surface area contributed by atoms with Crippen molar-refractivity contribution in [3.05, 3.63) is 0 Å². The predicted molar refractivity (Wildman–Crippen MR) is 63.0 cm³/mol. The second-order valence-corrected chi connectivity index (χ2v) is 3.94. The van der Waals surface area contributed by atoms with Crippen LogP contribution in [-0.2, 0) is 9.53 Å². The zero-order valence-electron chi connectivity index (χ0n) is 10.0. The van der Waals surface area contributed by atoms with Crippen molar-refractivity contribution in [3.63, 3.8) is 0 Å². The number of carbonyl (C=O) groups excluding carboxylic acids is 1. The van der Waals surface area contributed by atoms with E-state index in [-0.39, 0.29) is 11.9 Å². The van der Waals surface area contributed by atoms with E-state index in [0.29, 0.717) is 19.6 Å². The molecule has 0 spiro atoms. The van der Waals surface area contributed by atoms with Crippen molar-refractivity contribution in [2.45, 2.75) is 38.6 Å². The van der Waals surface area contributed by atoms with Crippen molar-refractivity contribution in [3.8, 4) is 0 Å². The normalized spacial score (nSPS) is 13.9. The first-order valence-electron chi connectivity index (χ1n) is 5.44. The van der Waals surface area contributed by atoms with Gasteiger partial charge in [0.2, 0.25) is 0 Å². The van der Waals surface area contributed by atoms with Crippen molar-refractivity contribution in [2.24, 2.45) is 11.5 Å². The number of nitrogens with two attached hydrogens (primary N) is 2. The first kappa shape index (κ1) is 14.7. The molecule has 0 fully saturated rings. The Morgan fingerprint density at radius 1 is 1.50 bits per heavy atom. The SMILES string of the molecule is CCOC(=O)C(C)(N)CCCCNC(=N)N. The Kier molecular flexibility index (Phi) is 6.48. The maximum atomic E-state index is 11.4. The van der Waals surface area contributed by atoms with Gasteiger partial charge in [-0.05, 0) is 33.1 Å². The Hall–Kier alpha value is -1.30. The van der Waals surface area contributed by atoms with Crippen LogP contribution < -0.4 is 16.8 Å². The fourth-order valence-corrected chi connectivity index (χ4v) is 1.24. The Morgan fingerprint density at radius 3 is 2.62 bits per heavy atom. The van der Waals surface area contributed by atoms with Crippen LogP contribution in [0.15, 0.2) is 0 Å². The highest BCUT2D eigenvalue weighted by molar-refractivity contribution is 5.79. The van der Waals surface area contributed by atoms with Crippen LogP contribution in [0.4, 0.5) is 0 Å². The third kappa shape index (κ3) is 6.23. The molecule has 0 aliphatic carbocycles. The average molecular weight is 230 g/mol. The van der Waals surface area contributed by atoms with Crippen LogP contribution in [0.25, 0.3) is 0 Å². The number of hydrogen-bond donors (Lipinski definition) is 4. The monoisotopic (exact) mass is 230 g/mol. The molecule has 0 bridgehead atoms. The predicted octanol–water partition coefficient (Wildman–Crippen LogP) is -0.0797. The molecule has 16 heavy (non-hydrogen) atoms. The highest BCUT2D eigenvalue weighted by Gasteiger charge is 2.28. The summed E-state index contributed by atoms with van der Waals surface area (Å²) in [7, 11) is 0. The molecule has 0 aromatic heterocycles. The van der Waals surface area contributed by atoms with E-state index in [2.05, 4.69) is 5.32 Å². The van der Waals surface area contributed by atoms with E-state index >= 15 is 0 Å². The Labute approximate surface area is 96.2 Å². The minimum Gasteiger partial charge on any atom is -0.465 e. The van der Waals surface area contributed by atoms with Gasteiger partial charge in [-0.15, -0.1) is 0 Å². The molecule has 94 valence electrons. The van der Waals surface area contributed by atoms with Crippen LogP contribution in [-0.4, -0.2) is 30.6 Å². The van der Waals surface area contributed by atoms with Gasteiger partial charge in [0.1, 0.15) is 5.54 Å². The Balaban J connectivity index is 3.73. The summed E-state index contributed by atoms with van der Waals surface area (Å²) in [6.45, 7) is 4.39. The molecule has 0 saturated carbocycles. The van der Waals surface area contributed by atoms with Crippen LogP contribution in [0, 0.1) is 5.41 Å². The summed E-state index contributed by atoms with van der Waals surface area (Å²) in [5, 5.41) is 9.63. The maximum Gasteiger partial charge on any atom is 0.325 e. The van der Waals surface area contributed by atoms with Gasteiger partial charge in [-0.3, -0.25) is 10.2 Å². The highest BCUT2D eigenvalue weighted by atomic mass is 16.5. The van der Waals surface area contributed by atoms with Crippen molar-refractivity contribution in [1.29, 1.82) is 5.41 Å². The second-order valence-electron chi connectivity index (χ2n) is 3.94. The summed E-state index contributed by atoms with van der Waals surface area (Å²) < 4.78 is 4.87. The second kappa shape index (κ2) is 7.05. The van der Waals surface area contributed by atoms with Crippen LogP contribution in [0.2, 0.25) is 0 Å². The minimum atomic E-state index is -0.924. The number of hydrogen-bond acceptors (Lipinski definition) is 4. The summed E-state index contributed by atoms with van der Waals surface area (Å²) in [6.07, 6.45) is 2.16. The summed E-state index contributed by atoms with van der Waals surface area (Å²) in [4.78, 5) is 11.4. The summed E-state index contributed by atoms with van der Waals surface area (Å²) in [5.74, 6) is -0.407. The van der Waals surface area contributed by atoms with Crippen LogP contribution in [0.5, 0.6) is 0 Å². The van der Waals surface area contributed by atoms with Gasteiger partial charge in [-0.1, -0.05) is 0 Å². The van der Waals surface area contributed by atoms with E-state index in [1.165, 1.54) is 0 Å². The average Bonchev–Trinajstić information content (AvgIpc) is 2.17. The number of ether oxygens (including phenoxy) is 1. The molecule has 1 unspecified atom stereocenters. The maximum absolute atomic E-state index is 11.4. The molecule has 1 atom stereocenters. The molecule has 0 aliphatic heterocycles. The lowest BCUT2D eigenvalue weighted by Crippen LogP contribution is -2.46. The minimum absolute atomic E-state index is 0.0408. The highest BCUT2D eigenvalue weighted by Crippen LogP contribution is 2.12. The van der Waals surface area contributed by atoms with E-state index in [0.717, 1.165) is 12.8 Å². The molecule has 0 rings (SSSR count). The topological polar surface area (TPSA) is 114 Å². The molecule has 0 saturated heterocycles. The summed E-state index contributed by atoms with van der Waals surface area (Å²) in [5.41, 5.74) is 10.0. The number of guanidine groups is 1. The van der Waals surface area contributed by atoms with Gasteiger partial charge in [-0.2, -0.15) is 0 Å². The standard InChI is InChI=1S/C10H22N4O2/c1-3-16-8(15)10(2,13)6-4-5-7-14-9(11)12/h3-7,13H2,1-2H3,(H4,11,12,14). The van der Waals surface area contributed by atoms with Crippen molar-refractivity contribution in [2.75, 3.05) is 13.2 Å². The Bertz CT molecular complexity index is 241. The lowest BCUT2D eigenvalue weighted by atomic mass is 9.96. The molecule has 0 radical (unpaired) electrons. The van der Waals surface area contributed by atoms with E-state index in [4.69, 9.17) is 21.6 Å². The fraction of sp³-hybridized carbons (Fsp3) is 0.800. The van der Waals surface area contributed by atoms with E-state index in [1.54, 1.807) is 13.8 Å². The molecule has 0 heterocycles. The summed E-state index contributed by atoms with van der Waals surface area (Å²) >= 11 is 0. The van der Waals surface area contributed by atoms with Gasteiger partial charge < -0.3 is 21.5 Å². The fourth-order valence-electron chi connectivity index (χ4n) is 1.24. The zero-order valence-corrected chi connectivity index (χ0v) is 10.0. The number of unbranched alkanes of at least 4 members (excludes halogenated alkanes) is 1. The first-order chi connectivity index (χ1) is 7.40. The molecule has 6 nitrogen and oxygen atoms in total. The smallest absolute Gasteiger partial charge is 0.325 e. The van der Waals surface area contributed by atoms with Gasteiger partial charge >= 0.3 is 5.97 Å². The number of nitrogens with one attached hydrogen (secondary N) is 2. The van der Waals surface area contributed by atoms with Gasteiger partial charge in [0.15, 0.2) is 5.96 Å². The molecule has 6 N–H and O–H groups in total. The third-order valence-electron chi connectivity index (χ3n) is 2.18. The first-order valence-corrected chi connectivity index (χ1v) is 5.44. The summed E-state index contributed by atoms with van der Waals surface area (Å²) in [6, 6.07) is 0. The van der Waals surface area contributed by atoms with Gasteiger partial charge in [0, 0.05) is 6.54 Å². The van der Waals surface area contributed by atoms with Crippen molar-refractivity contribution < 1.29 is 9.53 Å². The van der Waals surface area contributed by atoms with E-state index < -0.39 is 5.54 Å². The van der Waals surface area contributed by atoms with Crippen molar-refractivity contribution in [1.82, 2.24) is 5.32 Å². The molecule has 0 amide bonds. The molecule has 0 aromatic rings.